The van der Waals surface area contributed by atoms with Gasteiger partial charge in [-0.3, -0.25) is 4.79 Å². The summed E-state index contributed by atoms with van der Waals surface area (Å²) in [5.74, 6) is 0.424. The van der Waals surface area contributed by atoms with Crippen LogP contribution in [0.2, 0.25) is 18.6 Å². The smallest absolute Gasteiger partial charge is 0.247 e. The van der Waals surface area contributed by atoms with Crippen molar-refractivity contribution in [2.24, 2.45) is 11.0 Å². The van der Waals surface area contributed by atoms with Gasteiger partial charge >= 0.3 is 0 Å². The molecule has 0 saturated carbocycles. The van der Waals surface area contributed by atoms with E-state index in [2.05, 4.69) is 5.10 Å². The van der Waals surface area contributed by atoms with Crippen LogP contribution in [0.25, 0.3) is 0 Å². The van der Waals surface area contributed by atoms with E-state index in [9.17, 15) is 9.90 Å². The van der Waals surface area contributed by atoms with E-state index in [4.69, 9.17) is 9.47 Å². The summed E-state index contributed by atoms with van der Waals surface area (Å²) < 4.78 is 27.4. The monoisotopic (exact) mass is 484 g/mol. The van der Waals surface area contributed by atoms with Crippen LogP contribution in [-0.4, -0.2) is 45.0 Å². The molecule has 182 valence electrons. The maximum atomic E-state index is 15.2. The lowest BCUT2D eigenvalue weighted by Gasteiger charge is -2.43. The minimum atomic E-state index is -3.10. The maximum Gasteiger partial charge on any atom is 0.247 e. The van der Waals surface area contributed by atoms with E-state index in [0.29, 0.717) is 30.7 Å². The van der Waals surface area contributed by atoms with Crippen molar-refractivity contribution in [3.8, 4) is 5.75 Å². The number of benzene rings is 2. The largest absolute Gasteiger partial charge is 0.490 e. The van der Waals surface area contributed by atoms with Crippen molar-refractivity contribution in [3.63, 3.8) is 0 Å². The van der Waals surface area contributed by atoms with E-state index in [0.717, 1.165) is 16.8 Å². The lowest BCUT2D eigenvalue weighted by atomic mass is 9.86. The zero-order valence-electron chi connectivity index (χ0n) is 20.2. The Labute approximate surface area is 201 Å². The van der Waals surface area contributed by atoms with Gasteiger partial charge in [-0.15, -0.1) is 0 Å². The number of rotatable bonds is 7. The second-order valence-electron chi connectivity index (χ2n) is 9.62. The first kappa shape index (κ1) is 24.6. The highest BCUT2D eigenvalue weighted by atomic mass is 28.4. The average Bonchev–Trinajstić information content (AvgIpc) is 2.82. The fraction of sp³-hybridized carbons (Fsp3) is 0.462. The number of carbonyl (C=O) groups excluding carboxylic acids is 1. The first-order chi connectivity index (χ1) is 16.2. The van der Waals surface area contributed by atoms with Gasteiger partial charge in [0, 0.05) is 43.6 Å². The topological polar surface area (TPSA) is 71.4 Å². The molecular formula is C26H33FN2O4Si. The summed E-state index contributed by atoms with van der Waals surface area (Å²) in [5, 5.41) is 15.7. The Kier molecular flexibility index (Phi) is 7.21. The Morgan fingerprint density at radius 3 is 2.62 bits per heavy atom. The molecule has 2 aliphatic heterocycles. The summed E-state index contributed by atoms with van der Waals surface area (Å²) in [5.41, 5.74) is 2.98. The highest BCUT2D eigenvalue weighted by Gasteiger charge is 2.47. The van der Waals surface area contributed by atoms with Gasteiger partial charge in [0.05, 0.1) is 17.5 Å². The summed E-state index contributed by atoms with van der Waals surface area (Å²) in [4.78, 5) is 12.8. The van der Waals surface area contributed by atoms with Crippen LogP contribution >= 0.6 is 0 Å². The molecule has 2 aromatic rings. The van der Waals surface area contributed by atoms with Crippen molar-refractivity contribution >= 4 is 25.7 Å². The minimum Gasteiger partial charge on any atom is -0.490 e. The van der Waals surface area contributed by atoms with Crippen LogP contribution in [0.5, 0.6) is 5.75 Å². The Bertz CT molecular complexity index is 1060. The number of hydrogen-bond donors (Lipinski definition) is 1. The number of hydrogen-bond acceptors (Lipinski definition) is 5. The summed E-state index contributed by atoms with van der Waals surface area (Å²) >= 11 is 0. The SMILES string of the molecule is CO[C@@H]1c2cc(N3N=C(c4ccccc4)CCC3=O)ccc2O[C@H](C(CCO)[Si](C)(C)F)[C@H]1C. The van der Waals surface area contributed by atoms with Crippen LogP contribution in [0.3, 0.4) is 0 Å². The molecule has 2 aromatic carbocycles. The zero-order chi connectivity index (χ0) is 24.5. The molecule has 34 heavy (non-hydrogen) atoms. The first-order valence-electron chi connectivity index (χ1n) is 11.8. The van der Waals surface area contributed by atoms with Gasteiger partial charge in [-0.05, 0) is 43.3 Å². The molecule has 1 unspecified atom stereocenters. The Morgan fingerprint density at radius 2 is 1.97 bits per heavy atom. The Balaban J connectivity index is 1.69. The highest BCUT2D eigenvalue weighted by Crippen LogP contribution is 2.48. The summed E-state index contributed by atoms with van der Waals surface area (Å²) in [6.45, 7) is 5.23. The van der Waals surface area contributed by atoms with Gasteiger partial charge < -0.3 is 18.7 Å². The number of aliphatic hydroxyl groups is 1. The van der Waals surface area contributed by atoms with Crippen LogP contribution in [0.4, 0.5) is 9.80 Å². The van der Waals surface area contributed by atoms with Crippen LogP contribution in [0.1, 0.15) is 43.4 Å². The fourth-order valence-corrected chi connectivity index (χ4v) is 7.09. The quantitative estimate of drug-likeness (QED) is 0.432. The van der Waals surface area contributed by atoms with E-state index in [-0.39, 0.29) is 30.1 Å². The normalized spacial score (nSPS) is 23.7. The van der Waals surface area contributed by atoms with Crippen LogP contribution in [0.15, 0.2) is 53.6 Å². The van der Waals surface area contributed by atoms with E-state index in [1.807, 2.05) is 55.5 Å². The number of ether oxygens (including phenoxy) is 2. The molecule has 2 heterocycles. The third-order valence-electron chi connectivity index (χ3n) is 6.92. The Hall–Kier alpha value is -2.55. The van der Waals surface area contributed by atoms with Gasteiger partial charge in [0.1, 0.15) is 11.9 Å². The van der Waals surface area contributed by atoms with Crippen molar-refractivity contribution in [2.45, 2.75) is 57.0 Å². The average molecular weight is 485 g/mol. The molecule has 4 atom stereocenters. The number of methoxy groups -OCH3 is 1. The number of fused-ring (bicyclic) bond motifs is 1. The molecule has 8 heteroatoms. The highest BCUT2D eigenvalue weighted by molar-refractivity contribution is 6.72. The number of carbonyl (C=O) groups is 1. The predicted molar refractivity (Wildman–Crippen MR) is 134 cm³/mol. The molecule has 0 bridgehead atoms. The minimum absolute atomic E-state index is 0.0653. The molecule has 1 amide bonds. The standard InChI is InChI=1S/C26H33FN2O4Si/c1-17-25(32-2)20-16-19(10-12-22(20)33-26(17)23(14-15-30)34(3,4)27)29-24(31)13-11-21(28-29)18-8-6-5-7-9-18/h5-10,12,16-17,23,25-26,30H,11,13-15H2,1-4H3/t17-,23?,25-,26-/m0/s1. The Morgan fingerprint density at radius 1 is 1.24 bits per heavy atom. The van der Waals surface area contributed by atoms with Crippen molar-refractivity contribution in [3.05, 3.63) is 59.7 Å². The molecule has 0 fully saturated rings. The molecule has 4 rings (SSSR count). The predicted octanol–water partition coefficient (Wildman–Crippen LogP) is 5.23. The molecule has 0 radical (unpaired) electrons. The molecule has 0 spiro atoms. The molecule has 0 aromatic heterocycles. The third kappa shape index (κ3) is 4.80. The number of amides is 1. The lowest BCUT2D eigenvalue weighted by Crippen LogP contribution is -2.46. The second kappa shape index (κ2) is 9.97. The summed E-state index contributed by atoms with van der Waals surface area (Å²) in [6, 6.07) is 15.4. The summed E-state index contributed by atoms with van der Waals surface area (Å²) in [7, 11) is -1.46. The molecule has 0 saturated heterocycles. The molecule has 6 nitrogen and oxygen atoms in total. The number of aliphatic hydroxyl groups excluding tert-OH is 1. The van der Waals surface area contributed by atoms with Gasteiger partial charge in [0.15, 0.2) is 0 Å². The second-order valence-corrected chi connectivity index (χ2v) is 13.5. The van der Waals surface area contributed by atoms with Gasteiger partial charge in [-0.2, -0.15) is 5.10 Å². The molecule has 2 aliphatic rings. The van der Waals surface area contributed by atoms with Crippen molar-refractivity contribution in [1.82, 2.24) is 0 Å². The van der Waals surface area contributed by atoms with Crippen molar-refractivity contribution in [1.29, 1.82) is 0 Å². The van der Waals surface area contributed by atoms with E-state index in [1.54, 1.807) is 20.2 Å². The van der Waals surface area contributed by atoms with Gasteiger partial charge in [0.2, 0.25) is 14.3 Å². The number of nitrogens with zero attached hydrogens (tertiary/aromatic N) is 2. The lowest BCUT2D eigenvalue weighted by molar-refractivity contribution is -0.118. The molecule has 0 aliphatic carbocycles. The maximum absolute atomic E-state index is 15.2. The summed E-state index contributed by atoms with van der Waals surface area (Å²) in [6.07, 6.45) is 0.604. The molecule has 1 N–H and O–H groups in total. The van der Waals surface area contributed by atoms with Gasteiger partial charge in [-0.1, -0.05) is 37.3 Å². The third-order valence-corrected chi connectivity index (χ3v) is 9.30. The number of hydrazone groups is 1. The molecular weight excluding hydrogens is 451 g/mol. The van der Waals surface area contributed by atoms with E-state index < -0.39 is 14.5 Å². The van der Waals surface area contributed by atoms with Crippen LogP contribution in [-0.2, 0) is 9.53 Å². The fourth-order valence-electron chi connectivity index (χ4n) is 5.13. The zero-order valence-corrected chi connectivity index (χ0v) is 21.2. The van der Waals surface area contributed by atoms with Crippen molar-refractivity contribution < 1.29 is 23.5 Å². The van der Waals surface area contributed by atoms with E-state index >= 15 is 4.11 Å². The first-order valence-corrected chi connectivity index (χ1v) is 14.8. The van der Waals surface area contributed by atoms with Crippen molar-refractivity contribution in [2.75, 3.05) is 18.7 Å². The van der Waals surface area contributed by atoms with Gasteiger partial charge in [-0.25, -0.2) is 5.01 Å². The number of halogens is 1. The number of anilines is 1. The van der Waals surface area contributed by atoms with E-state index in [1.165, 1.54) is 5.01 Å². The van der Waals surface area contributed by atoms with Crippen LogP contribution in [0, 0.1) is 5.92 Å². The van der Waals surface area contributed by atoms with Gasteiger partial charge in [0.25, 0.3) is 0 Å². The van der Waals surface area contributed by atoms with Crippen LogP contribution < -0.4 is 9.75 Å².